The lowest BCUT2D eigenvalue weighted by Crippen LogP contribution is -2.48. The average molecular weight is 372 g/mol. The van der Waals surface area contributed by atoms with Crippen LogP contribution in [0.3, 0.4) is 0 Å². The van der Waals surface area contributed by atoms with Crippen LogP contribution in [0.4, 0.5) is 0 Å². The van der Waals surface area contributed by atoms with Crippen LogP contribution in [0, 0.1) is 0 Å². The van der Waals surface area contributed by atoms with E-state index in [1.165, 1.54) is 4.31 Å². The fraction of sp³-hybridized carbons (Fsp3) is 0.923. The molecule has 2 heterocycles. The number of rotatable bonds is 5. The van der Waals surface area contributed by atoms with Crippen molar-refractivity contribution in [1.82, 2.24) is 14.9 Å². The summed E-state index contributed by atoms with van der Waals surface area (Å²) in [6.07, 6.45) is 1.93. The standard InChI is InChI=1S/C13H25N3O3S2.ClH/c1-2-21(18,19)16-6-3-11(4-7-16)15-13(17)9-12-10-20-8-5-14-12;/h11-12,14H,2-10H2,1H3,(H,15,17);1H. The number of thioether (sulfide) groups is 1. The van der Waals surface area contributed by atoms with E-state index in [0.717, 1.165) is 18.1 Å². The molecule has 2 aliphatic rings. The highest BCUT2D eigenvalue weighted by atomic mass is 35.5. The highest BCUT2D eigenvalue weighted by Gasteiger charge is 2.27. The molecule has 1 amide bonds. The van der Waals surface area contributed by atoms with E-state index in [2.05, 4.69) is 10.6 Å². The predicted octanol–water partition coefficient (Wildman–Crippen LogP) is 0.434. The van der Waals surface area contributed by atoms with Gasteiger partial charge in [0.25, 0.3) is 0 Å². The second-order valence-corrected chi connectivity index (χ2v) is 8.98. The highest BCUT2D eigenvalue weighted by molar-refractivity contribution is 7.99. The first-order valence-corrected chi connectivity index (χ1v) is 10.4. The molecule has 2 saturated heterocycles. The second-order valence-electron chi connectivity index (χ2n) is 5.57. The van der Waals surface area contributed by atoms with Crippen LogP contribution in [0.5, 0.6) is 0 Å². The molecule has 2 fully saturated rings. The molecule has 2 N–H and O–H groups in total. The number of hydrogen-bond donors (Lipinski definition) is 2. The van der Waals surface area contributed by atoms with Gasteiger partial charge in [-0.2, -0.15) is 11.8 Å². The molecule has 2 aliphatic heterocycles. The van der Waals surface area contributed by atoms with Crippen molar-refractivity contribution in [2.24, 2.45) is 0 Å². The Kier molecular flexibility index (Phi) is 8.48. The van der Waals surface area contributed by atoms with Crippen LogP contribution in [-0.4, -0.2) is 67.6 Å². The Labute approximate surface area is 143 Å². The van der Waals surface area contributed by atoms with Crippen LogP contribution in [0.15, 0.2) is 0 Å². The summed E-state index contributed by atoms with van der Waals surface area (Å²) in [7, 11) is -3.09. The van der Waals surface area contributed by atoms with E-state index in [-0.39, 0.29) is 36.2 Å². The minimum absolute atomic E-state index is 0. The van der Waals surface area contributed by atoms with Crippen LogP contribution < -0.4 is 10.6 Å². The topological polar surface area (TPSA) is 78.5 Å². The summed E-state index contributed by atoms with van der Waals surface area (Å²) in [6, 6.07) is 0.376. The van der Waals surface area contributed by atoms with E-state index < -0.39 is 10.0 Å². The number of halogens is 1. The first kappa shape index (κ1) is 20.0. The number of carbonyl (C=O) groups is 1. The van der Waals surface area contributed by atoms with Gasteiger partial charge in [-0.05, 0) is 19.8 Å². The first-order chi connectivity index (χ1) is 10.0. The third-order valence-electron chi connectivity index (χ3n) is 4.01. The average Bonchev–Trinajstić information content (AvgIpc) is 2.48. The Morgan fingerprint density at radius 1 is 1.36 bits per heavy atom. The van der Waals surface area contributed by atoms with E-state index in [0.29, 0.717) is 32.4 Å². The summed E-state index contributed by atoms with van der Waals surface area (Å²) in [5, 5.41) is 6.40. The van der Waals surface area contributed by atoms with Crippen LogP contribution >= 0.6 is 24.2 Å². The van der Waals surface area contributed by atoms with Crippen molar-refractivity contribution in [2.45, 2.75) is 38.3 Å². The molecule has 1 unspecified atom stereocenters. The molecule has 0 bridgehead atoms. The van der Waals surface area contributed by atoms with Crippen LogP contribution in [0.1, 0.15) is 26.2 Å². The molecule has 0 radical (unpaired) electrons. The van der Waals surface area contributed by atoms with Crippen LogP contribution in [0.25, 0.3) is 0 Å². The summed E-state index contributed by atoms with van der Waals surface area (Å²) in [5.74, 6) is 2.32. The van der Waals surface area contributed by atoms with Gasteiger partial charge in [-0.25, -0.2) is 12.7 Å². The molecule has 0 spiro atoms. The zero-order valence-corrected chi connectivity index (χ0v) is 15.4. The molecule has 1 atom stereocenters. The predicted molar refractivity (Wildman–Crippen MR) is 93.2 cm³/mol. The van der Waals surface area contributed by atoms with Gasteiger partial charge in [0.05, 0.1) is 5.75 Å². The molecular weight excluding hydrogens is 346 g/mol. The number of nitrogens with one attached hydrogen (secondary N) is 2. The van der Waals surface area contributed by atoms with E-state index in [9.17, 15) is 13.2 Å². The van der Waals surface area contributed by atoms with Crippen molar-refractivity contribution < 1.29 is 13.2 Å². The molecular formula is C13H26ClN3O3S2. The first-order valence-electron chi connectivity index (χ1n) is 7.59. The fourth-order valence-corrected chi connectivity index (χ4v) is 4.80. The number of sulfonamides is 1. The van der Waals surface area contributed by atoms with Crippen LogP contribution in [-0.2, 0) is 14.8 Å². The van der Waals surface area contributed by atoms with Gasteiger partial charge in [-0.15, -0.1) is 12.4 Å². The van der Waals surface area contributed by atoms with Crippen molar-refractivity contribution in [3.63, 3.8) is 0 Å². The van der Waals surface area contributed by atoms with Gasteiger partial charge in [0.1, 0.15) is 0 Å². The number of amides is 1. The molecule has 0 aromatic rings. The fourth-order valence-electron chi connectivity index (χ4n) is 2.72. The Balaban J connectivity index is 0.00000242. The number of nitrogens with zero attached hydrogens (tertiary/aromatic N) is 1. The normalized spacial score (nSPS) is 24.5. The summed E-state index contributed by atoms with van der Waals surface area (Å²) in [4.78, 5) is 12.0. The largest absolute Gasteiger partial charge is 0.353 e. The number of piperidine rings is 1. The van der Waals surface area contributed by atoms with Gasteiger partial charge in [0.2, 0.25) is 15.9 Å². The molecule has 9 heteroatoms. The summed E-state index contributed by atoms with van der Waals surface area (Å²) in [5.41, 5.74) is 0. The second kappa shape index (κ2) is 9.32. The zero-order valence-electron chi connectivity index (χ0n) is 12.9. The summed E-state index contributed by atoms with van der Waals surface area (Å²) >= 11 is 1.88. The lowest BCUT2D eigenvalue weighted by molar-refractivity contribution is -0.122. The quantitative estimate of drug-likeness (QED) is 0.733. The molecule has 22 heavy (non-hydrogen) atoms. The van der Waals surface area contributed by atoms with E-state index in [4.69, 9.17) is 0 Å². The Morgan fingerprint density at radius 2 is 2.05 bits per heavy atom. The van der Waals surface area contributed by atoms with Gasteiger partial charge in [-0.1, -0.05) is 0 Å². The zero-order chi connectivity index (χ0) is 15.3. The Morgan fingerprint density at radius 3 is 2.59 bits per heavy atom. The van der Waals surface area contributed by atoms with Gasteiger partial charge in [0, 0.05) is 49.6 Å². The molecule has 0 saturated carbocycles. The molecule has 130 valence electrons. The maximum Gasteiger partial charge on any atom is 0.221 e. The third-order valence-corrected chi connectivity index (χ3v) is 7.02. The van der Waals surface area contributed by atoms with E-state index in [1.54, 1.807) is 6.92 Å². The van der Waals surface area contributed by atoms with Gasteiger partial charge >= 0.3 is 0 Å². The maximum atomic E-state index is 12.0. The minimum atomic E-state index is -3.09. The molecule has 2 rings (SSSR count). The van der Waals surface area contributed by atoms with Crippen molar-refractivity contribution in [2.75, 3.05) is 36.9 Å². The minimum Gasteiger partial charge on any atom is -0.353 e. The van der Waals surface area contributed by atoms with Crippen molar-refractivity contribution in [1.29, 1.82) is 0 Å². The van der Waals surface area contributed by atoms with E-state index >= 15 is 0 Å². The van der Waals surface area contributed by atoms with Gasteiger partial charge in [-0.3, -0.25) is 4.79 Å². The lowest BCUT2D eigenvalue weighted by Gasteiger charge is -2.32. The summed E-state index contributed by atoms with van der Waals surface area (Å²) < 4.78 is 25.1. The van der Waals surface area contributed by atoms with Gasteiger partial charge < -0.3 is 10.6 Å². The highest BCUT2D eigenvalue weighted by Crippen LogP contribution is 2.15. The Hall–Kier alpha value is -0.0200. The summed E-state index contributed by atoms with van der Waals surface area (Å²) in [6.45, 7) is 3.66. The number of carbonyl (C=O) groups excluding carboxylic acids is 1. The molecule has 6 nitrogen and oxygen atoms in total. The molecule has 0 aromatic heterocycles. The smallest absolute Gasteiger partial charge is 0.221 e. The van der Waals surface area contributed by atoms with E-state index in [1.807, 2.05) is 11.8 Å². The van der Waals surface area contributed by atoms with Crippen molar-refractivity contribution >= 4 is 40.1 Å². The lowest BCUT2D eigenvalue weighted by atomic mass is 10.1. The monoisotopic (exact) mass is 371 g/mol. The molecule has 0 aliphatic carbocycles. The molecule has 0 aromatic carbocycles. The van der Waals surface area contributed by atoms with Crippen molar-refractivity contribution in [3.8, 4) is 0 Å². The SMILES string of the molecule is CCS(=O)(=O)N1CCC(NC(=O)CC2CSCCN2)CC1.Cl. The van der Waals surface area contributed by atoms with Gasteiger partial charge in [0.15, 0.2) is 0 Å². The van der Waals surface area contributed by atoms with Crippen molar-refractivity contribution in [3.05, 3.63) is 0 Å². The third kappa shape index (κ3) is 5.88. The number of hydrogen-bond acceptors (Lipinski definition) is 5. The van der Waals surface area contributed by atoms with Crippen LogP contribution in [0.2, 0.25) is 0 Å². The Bertz CT molecular complexity index is 447. The maximum absolute atomic E-state index is 12.0.